The fourth-order valence-electron chi connectivity index (χ4n) is 1.34. The summed E-state index contributed by atoms with van der Waals surface area (Å²) >= 11 is 4.02. The van der Waals surface area contributed by atoms with Crippen LogP contribution in [0.15, 0.2) is 0 Å². The molecule has 0 unspecified atom stereocenters. The highest BCUT2D eigenvalue weighted by Gasteiger charge is 2.43. The minimum Gasteiger partial charge on any atom is -0.456 e. The van der Waals surface area contributed by atoms with E-state index in [1.807, 2.05) is 0 Å². The molecule has 5 atom stereocenters. The summed E-state index contributed by atoms with van der Waals surface area (Å²) in [5, 5.41) is 19.0. The van der Waals surface area contributed by atoms with Crippen LogP contribution in [0.5, 0.6) is 0 Å². The maximum absolute atomic E-state index is 10.7. The molecule has 0 amide bonds. The van der Waals surface area contributed by atoms with E-state index in [1.165, 1.54) is 6.92 Å². The van der Waals surface area contributed by atoms with Crippen LogP contribution >= 0.6 is 12.6 Å². The van der Waals surface area contributed by atoms with Gasteiger partial charge in [-0.05, 0) is 6.92 Å². The lowest BCUT2D eigenvalue weighted by atomic mass is 10.0. The molecular weight excluding hydrogens is 208 g/mol. The van der Waals surface area contributed by atoms with Gasteiger partial charge in [-0.2, -0.15) is 0 Å². The lowest BCUT2D eigenvalue weighted by Crippen LogP contribution is -2.56. The Hall–Kier alpha value is -0.300. The fourth-order valence-corrected chi connectivity index (χ4v) is 1.77. The quantitative estimate of drug-likeness (QED) is 0.404. The predicted octanol–water partition coefficient (Wildman–Crippen LogP) is -0.686. The molecule has 0 radical (unpaired) electrons. The summed E-state index contributed by atoms with van der Waals surface area (Å²) in [7, 11) is 0. The zero-order valence-corrected chi connectivity index (χ0v) is 8.85. The summed E-state index contributed by atoms with van der Waals surface area (Å²) in [4.78, 5) is 10.7. The van der Waals surface area contributed by atoms with E-state index in [-0.39, 0.29) is 0 Å². The number of hydrogen-bond acceptors (Lipinski definition) is 6. The van der Waals surface area contributed by atoms with E-state index < -0.39 is 35.8 Å². The summed E-state index contributed by atoms with van der Waals surface area (Å²) in [5.41, 5.74) is -0.715. The normalized spacial score (nSPS) is 43.4. The van der Waals surface area contributed by atoms with E-state index in [2.05, 4.69) is 12.6 Å². The summed E-state index contributed by atoms with van der Waals surface area (Å²) in [6.07, 6.45) is -3.69. The molecule has 0 aromatic carbocycles. The standard InChI is InChI=1S/C8H14O5S/c1-3-5(10)6(11)7(8(14)12-3)13-4(2)9/h3,5-8,10-11,14H,1-2H3/t3-,5+,6+,7-,8+/m0/s1. The van der Waals surface area contributed by atoms with Gasteiger partial charge in [0.2, 0.25) is 0 Å². The Balaban J connectivity index is 2.68. The first-order valence-electron chi connectivity index (χ1n) is 4.30. The highest BCUT2D eigenvalue weighted by Crippen LogP contribution is 2.25. The number of ether oxygens (including phenoxy) is 2. The minimum absolute atomic E-state index is 0.528. The van der Waals surface area contributed by atoms with Crippen molar-refractivity contribution in [3.05, 3.63) is 0 Å². The fraction of sp³-hybridized carbons (Fsp3) is 0.875. The Morgan fingerprint density at radius 3 is 2.50 bits per heavy atom. The molecule has 0 aliphatic carbocycles. The number of rotatable bonds is 1. The van der Waals surface area contributed by atoms with E-state index in [4.69, 9.17) is 9.47 Å². The molecule has 5 nitrogen and oxygen atoms in total. The zero-order chi connectivity index (χ0) is 10.9. The van der Waals surface area contributed by atoms with E-state index in [1.54, 1.807) is 6.92 Å². The molecule has 1 heterocycles. The SMILES string of the molecule is CC(=O)O[C@H]1[C@H](O)[C@H](O)[C@H](C)O[C@@H]1S. The molecule has 1 aliphatic rings. The van der Waals surface area contributed by atoms with Crippen molar-refractivity contribution in [1.82, 2.24) is 0 Å². The molecule has 6 heteroatoms. The number of hydrogen-bond donors (Lipinski definition) is 3. The smallest absolute Gasteiger partial charge is 0.303 e. The Morgan fingerprint density at radius 1 is 1.43 bits per heavy atom. The first kappa shape index (κ1) is 11.8. The van der Waals surface area contributed by atoms with Crippen LogP contribution in [-0.2, 0) is 14.3 Å². The number of carbonyl (C=O) groups excluding carboxylic acids is 1. The molecular formula is C8H14O5S. The molecule has 0 aromatic heterocycles. The molecule has 0 spiro atoms. The molecule has 0 bridgehead atoms. The van der Waals surface area contributed by atoms with Crippen LogP contribution in [0.3, 0.4) is 0 Å². The van der Waals surface area contributed by atoms with Gasteiger partial charge in [0.05, 0.1) is 6.10 Å². The predicted molar refractivity (Wildman–Crippen MR) is 50.9 cm³/mol. The van der Waals surface area contributed by atoms with Crippen molar-refractivity contribution < 1.29 is 24.5 Å². The number of aliphatic hydroxyl groups is 2. The van der Waals surface area contributed by atoms with Crippen molar-refractivity contribution in [3.8, 4) is 0 Å². The van der Waals surface area contributed by atoms with Gasteiger partial charge in [0.15, 0.2) is 6.10 Å². The van der Waals surface area contributed by atoms with Crippen LogP contribution < -0.4 is 0 Å². The third kappa shape index (κ3) is 2.38. The molecule has 14 heavy (non-hydrogen) atoms. The van der Waals surface area contributed by atoms with E-state index in [9.17, 15) is 15.0 Å². The van der Waals surface area contributed by atoms with Crippen LogP contribution in [-0.4, -0.2) is 46.0 Å². The first-order valence-corrected chi connectivity index (χ1v) is 4.82. The van der Waals surface area contributed by atoms with Gasteiger partial charge in [0, 0.05) is 6.92 Å². The Bertz CT molecular complexity index is 222. The van der Waals surface area contributed by atoms with Crippen LogP contribution in [0.4, 0.5) is 0 Å². The number of carbonyl (C=O) groups is 1. The highest BCUT2D eigenvalue weighted by molar-refractivity contribution is 7.80. The molecule has 0 saturated carbocycles. The van der Waals surface area contributed by atoms with Crippen LogP contribution in [0.2, 0.25) is 0 Å². The maximum atomic E-state index is 10.7. The number of aliphatic hydroxyl groups excluding tert-OH is 2. The Labute approximate surface area is 87.4 Å². The second-order valence-corrected chi connectivity index (χ2v) is 3.80. The lowest BCUT2D eigenvalue weighted by Gasteiger charge is -2.39. The van der Waals surface area contributed by atoms with Gasteiger partial charge in [-0.3, -0.25) is 4.79 Å². The molecule has 1 rings (SSSR count). The zero-order valence-electron chi connectivity index (χ0n) is 7.95. The lowest BCUT2D eigenvalue weighted by molar-refractivity contribution is -0.208. The van der Waals surface area contributed by atoms with Crippen molar-refractivity contribution in [3.63, 3.8) is 0 Å². The van der Waals surface area contributed by atoms with Gasteiger partial charge in [-0.1, -0.05) is 0 Å². The first-order chi connectivity index (χ1) is 6.43. The van der Waals surface area contributed by atoms with Crippen molar-refractivity contribution in [1.29, 1.82) is 0 Å². The summed E-state index contributed by atoms with van der Waals surface area (Å²) in [6.45, 7) is 2.83. The molecule has 1 fully saturated rings. The molecule has 1 saturated heterocycles. The Kier molecular flexibility index (Phi) is 3.77. The largest absolute Gasteiger partial charge is 0.456 e. The average Bonchev–Trinajstić information content (AvgIpc) is 2.09. The topological polar surface area (TPSA) is 76.0 Å². The third-order valence-electron chi connectivity index (χ3n) is 2.10. The number of esters is 1. The van der Waals surface area contributed by atoms with Crippen LogP contribution in [0.25, 0.3) is 0 Å². The highest BCUT2D eigenvalue weighted by atomic mass is 32.1. The second kappa shape index (κ2) is 4.48. The molecule has 1 aliphatic heterocycles. The van der Waals surface area contributed by atoms with Crippen molar-refractivity contribution in [2.75, 3.05) is 0 Å². The van der Waals surface area contributed by atoms with Crippen molar-refractivity contribution in [2.24, 2.45) is 0 Å². The van der Waals surface area contributed by atoms with Crippen molar-refractivity contribution in [2.45, 2.75) is 43.7 Å². The summed E-state index contributed by atoms with van der Waals surface area (Å²) in [5.74, 6) is -0.543. The van der Waals surface area contributed by atoms with E-state index >= 15 is 0 Å². The molecule has 2 N–H and O–H groups in total. The van der Waals surface area contributed by atoms with E-state index in [0.29, 0.717) is 0 Å². The van der Waals surface area contributed by atoms with E-state index in [0.717, 1.165) is 0 Å². The molecule has 0 aromatic rings. The monoisotopic (exact) mass is 222 g/mol. The van der Waals surface area contributed by atoms with Gasteiger partial charge in [0.1, 0.15) is 17.6 Å². The van der Waals surface area contributed by atoms with Crippen LogP contribution in [0, 0.1) is 0 Å². The van der Waals surface area contributed by atoms with Gasteiger partial charge >= 0.3 is 5.97 Å². The minimum atomic E-state index is -1.16. The average molecular weight is 222 g/mol. The van der Waals surface area contributed by atoms with Gasteiger partial charge in [0.25, 0.3) is 0 Å². The molecule has 82 valence electrons. The maximum Gasteiger partial charge on any atom is 0.303 e. The second-order valence-electron chi connectivity index (χ2n) is 3.29. The number of thiol groups is 1. The van der Waals surface area contributed by atoms with Crippen molar-refractivity contribution >= 4 is 18.6 Å². The van der Waals surface area contributed by atoms with Gasteiger partial charge in [-0.25, -0.2) is 0 Å². The summed E-state index contributed by atoms with van der Waals surface area (Å²) < 4.78 is 9.94. The third-order valence-corrected chi connectivity index (χ3v) is 2.52. The Morgan fingerprint density at radius 2 is 2.00 bits per heavy atom. The van der Waals surface area contributed by atoms with Gasteiger partial charge < -0.3 is 19.7 Å². The van der Waals surface area contributed by atoms with Crippen LogP contribution in [0.1, 0.15) is 13.8 Å². The van der Waals surface area contributed by atoms with Gasteiger partial charge in [-0.15, -0.1) is 12.6 Å². The summed E-state index contributed by atoms with van der Waals surface area (Å²) in [6, 6.07) is 0.